The second kappa shape index (κ2) is 3.97. The zero-order valence-electron chi connectivity index (χ0n) is 9.49. The monoisotopic (exact) mass is 200 g/mol. The molecule has 0 aliphatic rings. The predicted molar refractivity (Wildman–Crippen MR) is 63.0 cm³/mol. The molecular formula is C13H16N2. The van der Waals surface area contributed by atoms with Gasteiger partial charge in [0.1, 0.15) is 6.33 Å². The van der Waals surface area contributed by atoms with Crippen LogP contribution in [0.2, 0.25) is 0 Å². The molecule has 0 bridgehead atoms. The normalized spacial score (nSPS) is 11.2. The van der Waals surface area contributed by atoms with Gasteiger partial charge >= 0.3 is 0 Å². The van der Waals surface area contributed by atoms with Gasteiger partial charge in [-0.05, 0) is 24.0 Å². The lowest BCUT2D eigenvalue weighted by atomic mass is 9.99. The highest BCUT2D eigenvalue weighted by Gasteiger charge is 2.09. The van der Waals surface area contributed by atoms with E-state index in [9.17, 15) is 0 Å². The molecule has 0 N–H and O–H groups in total. The van der Waals surface area contributed by atoms with Gasteiger partial charge in [-0.15, -0.1) is 0 Å². The van der Waals surface area contributed by atoms with Crippen LogP contribution >= 0.6 is 0 Å². The van der Waals surface area contributed by atoms with Gasteiger partial charge in [0.2, 0.25) is 0 Å². The minimum absolute atomic E-state index is 0.447. The van der Waals surface area contributed by atoms with E-state index in [2.05, 4.69) is 48.9 Å². The summed E-state index contributed by atoms with van der Waals surface area (Å²) in [4.78, 5) is 8.73. The fraction of sp³-hybridized carbons (Fsp3) is 0.385. The summed E-state index contributed by atoms with van der Waals surface area (Å²) in [5.74, 6) is 0.447. The first-order chi connectivity index (χ1) is 7.24. The van der Waals surface area contributed by atoms with Crippen LogP contribution in [-0.4, -0.2) is 9.97 Å². The van der Waals surface area contributed by atoms with E-state index < -0.39 is 0 Å². The number of benzene rings is 1. The summed E-state index contributed by atoms with van der Waals surface area (Å²) in [6, 6.07) is 6.29. The summed E-state index contributed by atoms with van der Waals surface area (Å²) in [5.41, 5.74) is 3.57. The first-order valence-corrected chi connectivity index (χ1v) is 5.46. The minimum atomic E-state index is 0.447. The van der Waals surface area contributed by atoms with Crippen molar-refractivity contribution in [3.05, 3.63) is 35.8 Å². The van der Waals surface area contributed by atoms with E-state index in [1.807, 2.05) is 0 Å². The van der Waals surface area contributed by atoms with Gasteiger partial charge in [0.25, 0.3) is 0 Å². The Morgan fingerprint density at radius 2 is 2.00 bits per heavy atom. The molecule has 0 saturated carbocycles. The van der Waals surface area contributed by atoms with Crippen LogP contribution in [0, 0.1) is 0 Å². The summed E-state index contributed by atoms with van der Waals surface area (Å²) in [5, 5.41) is 1.25. The Morgan fingerprint density at radius 1 is 1.20 bits per heavy atom. The largest absolute Gasteiger partial charge is 0.240 e. The highest BCUT2D eigenvalue weighted by Crippen LogP contribution is 2.25. The summed E-state index contributed by atoms with van der Waals surface area (Å²) in [6.07, 6.45) is 2.70. The zero-order valence-corrected chi connectivity index (χ0v) is 9.49. The maximum atomic E-state index is 4.40. The van der Waals surface area contributed by atoms with E-state index in [0.29, 0.717) is 5.92 Å². The molecule has 0 aliphatic carbocycles. The fourth-order valence-corrected chi connectivity index (χ4v) is 1.94. The Balaban J connectivity index is 2.81. The van der Waals surface area contributed by atoms with Gasteiger partial charge in [-0.2, -0.15) is 0 Å². The van der Waals surface area contributed by atoms with Crippen molar-refractivity contribution in [2.45, 2.75) is 33.1 Å². The second-order valence-corrected chi connectivity index (χ2v) is 4.08. The fourth-order valence-electron chi connectivity index (χ4n) is 1.94. The molecule has 1 aromatic heterocycles. The van der Waals surface area contributed by atoms with E-state index in [1.54, 1.807) is 6.33 Å². The molecule has 1 aromatic carbocycles. The number of hydrogen-bond acceptors (Lipinski definition) is 2. The lowest BCUT2D eigenvalue weighted by molar-refractivity contribution is 0.826. The summed E-state index contributed by atoms with van der Waals surface area (Å²) in [7, 11) is 0. The zero-order chi connectivity index (χ0) is 10.8. The van der Waals surface area contributed by atoms with Crippen LogP contribution in [0.15, 0.2) is 24.5 Å². The first-order valence-electron chi connectivity index (χ1n) is 5.46. The molecule has 2 rings (SSSR count). The van der Waals surface area contributed by atoms with Crippen molar-refractivity contribution < 1.29 is 0 Å². The van der Waals surface area contributed by atoms with Crippen LogP contribution in [0.4, 0.5) is 0 Å². The third kappa shape index (κ3) is 1.72. The summed E-state index contributed by atoms with van der Waals surface area (Å²) in [6.45, 7) is 6.52. The average Bonchev–Trinajstić information content (AvgIpc) is 2.27. The van der Waals surface area contributed by atoms with Gasteiger partial charge in [0.05, 0.1) is 11.2 Å². The number of nitrogens with zero attached hydrogens (tertiary/aromatic N) is 2. The van der Waals surface area contributed by atoms with Crippen LogP contribution in [0.25, 0.3) is 10.9 Å². The molecule has 0 aliphatic heterocycles. The van der Waals surface area contributed by atoms with E-state index in [0.717, 1.165) is 17.6 Å². The van der Waals surface area contributed by atoms with Gasteiger partial charge in [0.15, 0.2) is 0 Å². The van der Waals surface area contributed by atoms with Gasteiger partial charge in [0, 0.05) is 5.39 Å². The molecule has 0 radical (unpaired) electrons. The third-order valence-electron chi connectivity index (χ3n) is 2.71. The predicted octanol–water partition coefficient (Wildman–Crippen LogP) is 3.32. The van der Waals surface area contributed by atoms with Gasteiger partial charge < -0.3 is 0 Å². The van der Waals surface area contributed by atoms with Gasteiger partial charge in [-0.3, -0.25) is 0 Å². The van der Waals surface area contributed by atoms with E-state index in [1.165, 1.54) is 10.9 Å². The number of hydrogen-bond donors (Lipinski definition) is 0. The van der Waals surface area contributed by atoms with Crippen molar-refractivity contribution in [1.29, 1.82) is 0 Å². The molecule has 2 heteroatoms. The number of rotatable bonds is 2. The van der Waals surface area contributed by atoms with Crippen LogP contribution < -0.4 is 0 Å². The first kappa shape index (κ1) is 10.1. The topological polar surface area (TPSA) is 25.8 Å². The Morgan fingerprint density at radius 3 is 2.67 bits per heavy atom. The molecule has 0 spiro atoms. The lowest BCUT2D eigenvalue weighted by Crippen LogP contribution is -1.98. The Kier molecular flexibility index (Phi) is 2.67. The van der Waals surface area contributed by atoms with E-state index in [-0.39, 0.29) is 0 Å². The summed E-state index contributed by atoms with van der Waals surface area (Å²) < 4.78 is 0. The van der Waals surface area contributed by atoms with Crippen LogP contribution in [-0.2, 0) is 6.42 Å². The Hall–Kier alpha value is -1.44. The van der Waals surface area contributed by atoms with Crippen molar-refractivity contribution in [3.63, 3.8) is 0 Å². The van der Waals surface area contributed by atoms with Crippen LogP contribution in [0.3, 0.4) is 0 Å². The average molecular weight is 200 g/mol. The van der Waals surface area contributed by atoms with Crippen molar-refractivity contribution >= 4 is 10.9 Å². The molecule has 0 atom stereocenters. The number of aryl methyl sites for hydroxylation is 1. The smallest absolute Gasteiger partial charge is 0.116 e. The van der Waals surface area contributed by atoms with Gasteiger partial charge in [-0.1, -0.05) is 32.9 Å². The maximum Gasteiger partial charge on any atom is 0.116 e. The van der Waals surface area contributed by atoms with Crippen molar-refractivity contribution in [1.82, 2.24) is 9.97 Å². The number of aromatic nitrogens is 2. The Bertz CT molecular complexity index is 470. The third-order valence-corrected chi connectivity index (χ3v) is 2.71. The van der Waals surface area contributed by atoms with E-state index >= 15 is 0 Å². The van der Waals surface area contributed by atoms with Crippen molar-refractivity contribution in [3.8, 4) is 0 Å². The minimum Gasteiger partial charge on any atom is -0.240 e. The maximum absolute atomic E-state index is 4.40. The molecule has 0 fully saturated rings. The molecule has 1 heterocycles. The van der Waals surface area contributed by atoms with Crippen LogP contribution in [0.5, 0.6) is 0 Å². The SMILES string of the molecule is CCc1cccc2ncnc(C(C)C)c12. The molecular weight excluding hydrogens is 184 g/mol. The van der Waals surface area contributed by atoms with E-state index in [4.69, 9.17) is 0 Å². The Labute approximate surface area is 90.4 Å². The molecule has 0 saturated heterocycles. The lowest BCUT2D eigenvalue weighted by Gasteiger charge is -2.11. The molecule has 78 valence electrons. The highest BCUT2D eigenvalue weighted by atomic mass is 14.8. The van der Waals surface area contributed by atoms with Gasteiger partial charge in [-0.25, -0.2) is 9.97 Å². The quantitative estimate of drug-likeness (QED) is 0.743. The second-order valence-electron chi connectivity index (χ2n) is 4.08. The molecule has 0 unspecified atom stereocenters. The van der Waals surface area contributed by atoms with Crippen molar-refractivity contribution in [2.75, 3.05) is 0 Å². The van der Waals surface area contributed by atoms with Crippen LogP contribution in [0.1, 0.15) is 37.9 Å². The standard InChI is InChI=1S/C13H16N2/c1-4-10-6-5-7-11-12(10)13(9(2)3)15-8-14-11/h5-9H,4H2,1-3H3. The highest BCUT2D eigenvalue weighted by molar-refractivity contribution is 5.84. The molecule has 2 aromatic rings. The molecule has 0 amide bonds. The van der Waals surface area contributed by atoms with Crippen molar-refractivity contribution in [2.24, 2.45) is 0 Å². The number of fused-ring (bicyclic) bond motifs is 1. The molecule has 15 heavy (non-hydrogen) atoms. The summed E-state index contributed by atoms with van der Waals surface area (Å²) >= 11 is 0. The molecule has 2 nitrogen and oxygen atoms in total.